The zero-order valence-corrected chi connectivity index (χ0v) is 7.33. The number of nitrogens with zero attached hydrogens (tertiary/aromatic N) is 2. The Labute approximate surface area is 67.7 Å². The van der Waals surface area contributed by atoms with Gasteiger partial charge in [0.25, 0.3) is 0 Å². The number of hydrogen-bond acceptors (Lipinski definition) is 2. The van der Waals surface area contributed by atoms with Gasteiger partial charge in [-0.3, -0.25) is 9.97 Å². The fourth-order valence-corrected chi connectivity index (χ4v) is 0.866. The van der Waals surface area contributed by atoms with Crippen LogP contribution < -0.4 is 0 Å². The van der Waals surface area contributed by atoms with E-state index >= 15 is 0 Å². The molecule has 0 N–H and O–H groups in total. The van der Waals surface area contributed by atoms with Crippen LogP contribution in [-0.4, -0.2) is 9.97 Å². The summed E-state index contributed by atoms with van der Waals surface area (Å²) in [7, 11) is 0. The molecule has 0 aliphatic carbocycles. The third kappa shape index (κ3) is 2.00. The van der Waals surface area contributed by atoms with Gasteiger partial charge in [0.05, 0.1) is 11.4 Å². The van der Waals surface area contributed by atoms with Crippen LogP contribution in [0.5, 0.6) is 0 Å². The van der Waals surface area contributed by atoms with Gasteiger partial charge in [0.1, 0.15) is 0 Å². The summed E-state index contributed by atoms with van der Waals surface area (Å²) in [6, 6.07) is 0. The quantitative estimate of drug-likeness (QED) is 0.646. The molecule has 0 saturated carbocycles. The van der Waals surface area contributed by atoms with Crippen molar-refractivity contribution in [2.75, 3.05) is 0 Å². The molecule has 2 heteroatoms. The van der Waals surface area contributed by atoms with Gasteiger partial charge in [0.2, 0.25) is 0 Å². The van der Waals surface area contributed by atoms with Gasteiger partial charge >= 0.3 is 0 Å². The van der Waals surface area contributed by atoms with Crippen LogP contribution >= 0.6 is 0 Å². The summed E-state index contributed by atoms with van der Waals surface area (Å²) in [6.45, 7) is 6.28. The second-order valence-electron chi connectivity index (χ2n) is 2.89. The molecule has 0 aromatic carbocycles. The van der Waals surface area contributed by atoms with Gasteiger partial charge in [-0.1, -0.05) is 13.8 Å². The number of hydrogen-bond donors (Lipinski definition) is 0. The van der Waals surface area contributed by atoms with Crippen LogP contribution in [0.2, 0.25) is 0 Å². The minimum atomic E-state index is 0.531. The molecule has 0 spiro atoms. The first kappa shape index (κ1) is 8.18. The molecule has 1 atom stereocenters. The third-order valence-corrected chi connectivity index (χ3v) is 1.92. The Morgan fingerprint density at radius 3 is 2.55 bits per heavy atom. The molecule has 0 saturated heterocycles. The molecule has 0 bridgehead atoms. The van der Waals surface area contributed by atoms with Crippen LogP contribution in [0.25, 0.3) is 0 Å². The predicted molar refractivity (Wildman–Crippen MR) is 45.5 cm³/mol. The lowest BCUT2D eigenvalue weighted by Crippen LogP contribution is -1.96. The topological polar surface area (TPSA) is 25.8 Å². The van der Waals surface area contributed by atoms with Crippen LogP contribution in [0.15, 0.2) is 12.4 Å². The Bertz CT molecular complexity index is 216. The predicted octanol–water partition coefficient (Wildman–Crippen LogP) is 2.30. The molecule has 0 aliphatic heterocycles. The van der Waals surface area contributed by atoms with Crippen molar-refractivity contribution in [3.8, 4) is 0 Å². The number of aryl methyl sites for hydroxylation is 1. The standard InChI is InChI=1S/C9H14N2/c1-4-7(2)9-6-10-8(3)5-11-9/h5-7H,4H2,1-3H3/t7-/m0/s1. The van der Waals surface area contributed by atoms with Crippen LogP contribution in [0.1, 0.15) is 37.6 Å². The Balaban J connectivity index is 2.81. The van der Waals surface area contributed by atoms with E-state index in [9.17, 15) is 0 Å². The van der Waals surface area contributed by atoms with Crippen molar-refractivity contribution in [1.29, 1.82) is 0 Å². The first-order chi connectivity index (χ1) is 5.24. The average Bonchev–Trinajstić information content (AvgIpc) is 2.05. The summed E-state index contributed by atoms with van der Waals surface area (Å²) in [5.74, 6) is 0.531. The summed E-state index contributed by atoms with van der Waals surface area (Å²) in [6.07, 6.45) is 4.81. The highest BCUT2D eigenvalue weighted by molar-refractivity contribution is 5.04. The van der Waals surface area contributed by atoms with Gasteiger partial charge in [0.15, 0.2) is 0 Å². The fraction of sp³-hybridized carbons (Fsp3) is 0.556. The molecular weight excluding hydrogens is 136 g/mol. The lowest BCUT2D eigenvalue weighted by Gasteiger charge is -2.05. The minimum Gasteiger partial charge on any atom is -0.258 e. The molecule has 0 amide bonds. The fourth-order valence-electron chi connectivity index (χ4n) is 0.866. The SMILES string of the molecule is CC[C@H](C)c1cnc(C)cn1. The molecule has 2 nitrogen and oxygen atoms in total. The van der Waals surface area contributed by atoms with Crippen LogP contribution in [0, 0.1) is 6.92 Å². The van der Waals surface area contributed by atoms with E-state index in [2.05, 4.69) is 23.8 Å². The number of aromatic nitrogens is 2. The molecule has 1 aromatic rings. The van der Waals surface area contributed by atoms with Crippen molar-refractivity contribution in [2.45, 2.75) is 33.1 Å². The second kappa shape index (κ2) is 3.46. The van der Waals surface area contributed by atoms with E-state index in [1.165, 1.54) is 0 Å². The van der Waals surface area contributed by atoms with Gasteiger partial charge in [-0.2, -0.15) is 0 Å². The van der Waals surface area contributed by atoms with Gasteiger partial charge in [0, 0.05) is 12.4 Å². The maximum absolute atomic E-state index is 4.29. The van der Waals surface area contributed by atoms with Crippen LogP contribution in [0.4, 0.5) is 0 Å². The van der Waals surface area contributed by atoms with Crippen molar-refractivity contribution in [1.82, 2.24) is 9.97 Å². The summed E-state index contributed by atoms with van der Waals surface area (Å²) in [4.78, 5) is 8.47. The summed E-state index contributed by atoms with van der Waals surface area (Å²) < 4.78 is 0. The van der Waals surface area contributed by atoms with Crippen molar-refractivity contribution < 1.29 is 0 Å². The summed E-state index contributed by atoms with van der Waals surface area (Å²) >= 11 is 0. The molecule has 1 heterocycles. The third-order valence-electron chi connectivity index (χ3n) is 1.92. The minimum absolute atomic E-state index is 0.531. The Morgan fingerprint density at radius 2 is 2.09 bits per heavy atom. The molecular formula is C9H14N2. The molecule has 11 heavy (non-hydrogen) atoms. The lowest BCUT2D eigenvalue weighted by atomic mass is 10.1. The highest BCUT2D eigenvalue weighted by atomic mass is 14.8. The summed E-state index contributed by atoms with van der Waals surface area (Å²) in [5.41, 5.74) is 2.08. The molecule has 1 aromatic heterocycles. The normalized spacial score (nSPS) is 13.0. The largest absolute Gasteiger partial charge is 0.258 e. The first-order valence-corrected chi connectivity index (χ1v) is 4.02. The average molecular weight is 150 g/mol. The van der Waals surface area contributed by atoms with Crippen molar-refractivity contribution in [3.63, 3.8) is 0 Å². The molecule has 60 valence electrons. The maximum Gasteiger partial charge on any atom is 0.0614 e. The molecule has 0 unspecified atom stereocenters. The second-order valence-corrected chi connectivity index (χ2v) is 2.89. The maximum atomic E-state index is 4.29. The molecule has 1 rings (SSSR count). The smallest absolute Gasteiger partial charge is 0.0614 e. The van der Waals surface area contributed by atoms with Crippen molar-refractivity contribution in [2.24, 2.45) is 0 Å². The first-order valence-electron chi connectivity index (χ1n) is 4.02. The Kier molecular flexibility index (Phi) is 2.58. The van der Waals surface area contributed by atoms with E-state index in [0.29, 0.717) is 5.92 Å². The van der Waals surface area contributed by atoms with E-state index < -0.39 is 0 Å². The zero-order valence-electron chi connectivity index (χ0n) is 7.33. The number of rotatable bonds is 2. The molecule has 0 radical (unpaired) electrons. The Morgan fingerprint density at radius 1 is 1.36 bits per heavy atom. The van der Waals surface area contributed by atoms with Crippen LogP contribution in [0.3, 0.4) is 0 Å². The highest BCUT2D eigenvalue weighted by Gasteiger charge is 2.02. The van der Waals surface area contributed by atoms with E-state index in [1.807, 2.05) is 19.3 Å². The van der Waals surface area contributed by atoms with E-state index in [0.717, 1.165) is 17.8 Å². The Hall–Kier alpha value is -0.920. The van der Waals surface area contributed by atoms with Crippen LogP contribution in [-0.2, 0) is 0 Å². The zero-order chi connectivity index (χ0) is 8.27. The monoisotopic (exact) mass is 150 g/mol. The van der Waals surface area contributed by atoms with E-state index in [-0.39, 0.29) is 0 Å². The summed E-state index contributed by atoms with van der Waals surface area (Å²) in [5, 5.41) is 0. The van der Waals surface area contributed by atoms with Gasteiger partial charge in [-0.05, 0) is 19.3 Å². The van der Waals surface area contributed by atoms with Crippen molar-refractivity contribution in [3.05, 3.63) is 23.8 Å². The lowest BCUT2D eigenvalue weighted by molar-refractivity contribution is 0.701. The van der Waals surface area contributed by atoms with Gasteiger partial charge in [-0.25, -0.2) is 0 Å². The van der Waals surface area contributed by atoms with E-state index in [4.69, 9.17) is 0 Å². The molecule has 0 aliphatic rings. The molecule has 0 fully saturated rings. The van der Waals surface area contributed by atoms with Gasteiger partial charge in [-0.15, -0.1) is 0 Å². The van der Waals surface area contributed by atoms with Gasteiger partial charge < -0.3 is 0 Å². The van der Waals surface area contributed by atoms with E-state index in [1.54, 1.807) is 0 Å². The van der Waals surface area contributed by atoms with Crippen molar-refractivity contribution >= 4 is 0 Å². The highest BCUT2D eigenvalue weighted by Crippen LogP contribution is 2.14.